The Labute approximate surface area is 168 Å². The van der Waals surface area contributed by atoms with Gasteiger partial charge in [0.15, 0.2) is 0 Å². The molecule has 2 aromatic heterocycles. The van der Waals surface area contributed by atoms with Crippen molar-refractivity contribution in [2.24, 2.45) is 7.05 Å². The van der Waals surface area contributed by atoms with Gasteiger partial charge in [-0.1, -0.05) is 30.3 Å². The summed E-state index contributed by atoms with van der Waals surface area (Å²) < 4.78 is 1.81. The second kappa shape index (κ2) is 7.73. The zero-order valence-corrected chi connectivity index (χ0v) is 16.9. The fourth-order valence-electron chi connectivity index (χ4n) is 3.77. The van der Waals surface area contributed by atoms with Crippen molar-refractivity contribution < 1.29 is 4.79 Å². The first-order valence-electron chi connectivity index (χ1n) is 9.37. The van der Waals surface area contributed by atoms with Gasteiger partial charge >= 0.3 is 0 Å². The molecule has 144 valence electrons. The number of thiophene rings is 1. The number of pyridine rings is 1. The zero-order valence-electron chi connectivity index (χ0n) is 16.1. The largest absolute Gasteiger partial charge is 0.318 e. The van der Waals surface area contributed by atoms with Gasteiger partial charge in [0.1, 0.15) is 0 Å². The van der Waals surface area contributed by atoms with Gasteiger partial charge in [-0.15, -0.1) is 11.3 Å². The number of amides is 1. The second-order valence-electron chi connectivity index (χ2n) is 7.17. The van der Waals surface area contributed by atoms with E-state index in [1.807, 2.05) is 48.0 Å². The molecule has 0 fully saturated rings. The molecule has 1 aromatic carbocycles. The molecular formula is C22H23N3O2S. The molecule has 0 unspecified atom stereocenters. The van der Waals surface area contributed by atoms with E-state index in [1.54, 1.807) is 11.3 Å². The SMILES string of the molecule is CC(=O)Nc1ccc(CN2CCc3c(cc(-c4ccccc4)c(=O)n3C)C2)s1. The van der Waals surface area contributed by atoms with Gasteiger partial charge < -0.3 is 9.88 Å². The number of hydrogen-bond acceptors (Lipinski definition) is 4. The number of hydrogen-bond donors (Lipinski definition) is 1. The van der Waals surface area contributed by atoms with Gasteiger partial charge in [0.25, 0.3) is 5.56 Å². The van der Waals surface area contributed by atoms with Crippen LogP contribution in [0.15, 0.2) is 53.3 Å². The van der Waals surface area contributed by atoms with Crippen LogP contribution < -0.4 is 10.9 Å². The molecule has 0 spiro atoms. The van der Waals surface area contributed by atoms with Crippen LogP contribution in [-0.4, -0.2) is 21.9 Å². The molecule has 1 aliphatic rings. The minimum Gasteiger partial charge on any atom is -0.318 e. The highest BCUT2D eigenvalue weighted by atomic mass is 32.1. The molecular weight excluding hydrogens is 370 g/mol. The average molecular weight is 394 g/mol. The molecule has 4 rings (SSSR count). The zero-order chi connectivity index (χ0) is 19.7. The topological polar surface area (TPSA) is 54.3 Å². The Bertz CT molecular complexity index is 1070. The highest BCUT2D eigenvalue weighted by Gasteiger charge is 2.21. The number of aromatic nitrogens is 1. The number of fused-ring (bicyclic) bond motifs is 1. The summed E-state index contributed by atoms with van der Waals surface area (Å²) in [5, 5.41) is 3.72. The lowest BCUT2D eigenvalue weighted by molar-refractivity contribution is -0.114. The van der Waals surface area contributed by atoms with E-state index in [9.17, 15) is 9.59 Å². The molecule has 5 nitrogen and oxygen atoms in total. The van der Waals surface area contributed by atoms with Gasteiger partial charge in [0.2, 0.25) is 5.91 Å². The normalized spacial score (nSPS) is 13.9. The fourth-order valence-corrected chi connectivity index (χ4v) is 4.77. The number of carbonyl (C=O) groups excluding carboxylic acids is 1. The van der Waals surface area contributed by atoms with Crippen LogP contribution in [0.4, 0.5) is 5.00 Å². The summed E-state index contributed by atoms with van der Waals surface area (Å²) in [6.07, 6.45) is 0.861. The van der Waals surface area contributed by atoms with Crippen molar-refractivity contribution in [1.29, 1.82) is 0 Å². The Balaban J connectivity index is 1.58. The summed E-state index contributed by atoms with van der Waals surface area (Å²) in [7, 11) is 1.88. The van der Waals surface area contributed by atoms with E-state index in [2.05, 4.69) is 22.3 Å². The Morgan fingerprint density at radius 1 is 1.18 bits per heavy atom. The minimum absolute atomic E-state index is 0.0466. The monoisotopic (exact) mass is 393 g/mol. The third kappa shape index (κ3) is 3.79. The van der Waals surface area contributed by atoms with E-state index in [0.29, 0.717) is 0 Å². The Kier molecular flexibility index (Phi) is 5.15. The van der Waals surface area contributed by atoms with E-state index in [-0.39, 0.29) is 11.5 Å². The maximum atomic E-state index is 12.8. The van der Waals surface area contributed by atoms with Crippen LogP contribution in [0.1, 0.15) is 23.1 Å². The van der Waals surface area contributed by atoms with Crippen molar-refractivity contribution in [2.75, 3.05) is 11.9 Å². The molecule has 0 aliphatic carbocycles. The number of nitrogens with one attached hydrogen (secondary N) is 1. The second-order valence-corrected chi connectivity index (χ2v) is 8.34. The van der Waals surface area contributed by atoms with E-state index in [0.717, 1.165) is 47.9 Å². The van der Waals surface area contributed by atoms with Crippen molar-refractivity contribution in [3.8, 4) is 11.1 Å². The van der Waals surface area contributed by atoms with Crippen molar-refractivity contribution in [3.63, 3.8) is 0 Å². The molecule has 3 aromatic rings. The number of carbonyl (C=O) groups is 1. The van der Waals surface area contributed by atoms with Gasteiger partial charge in [0.05, 0.1) is 5.00 Å². The lowest BCUT2D eigenvalue weighted by Crippen LogP contribution is -2.35. The molecule has 1 aliphatic heterocycles. The highest BCUT2D eigenvalue weighted by Crippen LogP contribution is 2.27. The number of nitrogens with zero attached hydrogens (tertiary/aromatic N) is 2. The first-order chi connectivity index (χ1) is 13.5. The first-order valence-corrected chi connectivity index (χ1v) is 10.2. The Hall–Kier alpha value is -2.70. The molecule has 0 atom stereocenters. The van der Waals surface area contributed by atoms with Gasteiger partial charge in [-0.3, -0.25) is 14.5 Å². The van der Waals surface area contributed by atoms with Crippen molar-refractivity contribution >= 4 is 22.2 Å². The maximum absolute atomic E-state index is 12.8. The fraction of sp³-hybridized carbons (Fsp3) is 0.273. The molecule has 0 saturated carbocycles. The summed E-state index contributed by atoms with van der Waals surface area (Å²) >= 11 is 1.61. The Morgan fingerprint density at radius 3 is 2.71 bits per heavy atom. The smallest absolute Gasteiger partial charge is 0.258 e. The third-order valence-electron chi connectivity index (χ3n) is 5.11. The predicted molar refractivity (Wildman–Crippen MR) is 114 cm³/mol. The summed E-state index contributed by atoms with van der Waals surface area (Å²) in [6, 6.07) is 15.9. The number of benzene rings is 1. The minimum atomic E-state index is -0.0466. The predicted octanol–water partition coefficient (Wildman–Crippen LogP) is 3.63. The average Bonchev–Trinajstić information content (AvgIpc) is 3.11. The molecule has 1 N–H and O–H groups in total. The quantitative estimate of drug-likeness (QED) is 0.736. The molecule has 1 amide bonds. The lowest BCUT2D eigenvalue weighted by Gasteiger charge is -2.30. The summed E-state index contributed by atoms with van der Waals surface area (Å²) in [4.78, 5) is 27.7. The molecule has 0 radical (unpaired) electrons. The molecule has 0 saturated heterocycles. The number of rotatable bonds is 4. The van der Waals surface area contributed by atoms with Crippen LogP contribution in [0.2, 0.25) is 0 Å². The lowest BCUT2D eigenvalue weighted by atomic mass is 9.99. The van der Waals surface area contributed by atoms with E-state index >= 15 is 0 Å². The third-order valence-corrected chi connectivity index (χ3v) is 6.10. The molecule has 0 bridgehead atoms. The van der Waals surface area contributed by atoms with Crippen LogP contribution in [0.25, 0.3) is 11.1 Å². The van der Waals surface area contributed by atoms with Crippen LogP contribution in [0.5, 0.6) is 0 Å². The van der Waals surface area contributed by atoms with E-state index in [4.69, 9.17) is 0 Å². The van der Waals surface area contributed by atoms with Crippen molar-refractivity contribution in [3.05, 3.63) is 75.0 Å². The van der Waals surface area contributed by atoms with Gasteiger partial charge in [0, 0.05) is 56.2 Å². The standard InChI is InChI=1S/C22H23N3O2S/c1-15(26)23-21-9-8-18(28-21)14-25-11-10-20-17(13-25)12-19(22(27)24(20)2)16-6-4-3-5-7-16/h3-9,12H,10-11,13-14H2,1-2H3,(H,23,26). The van der Waals surface area contributed by atoms with Crippen LogP contribution in [-0.2, 0) is 31.4 Å². The van der Waals surface area contributed by atoms with Crippen LogP contribution in [0, 0.1) is 0 Å². The Morgan fingerprint density at radius 2 is 1.96 bits per heavy atom. The van der Waals surface area contributed by atoms with Crippen molar-refractivity contribution in [2.45, 2.75) is 26.4 Å². The van der Waals surface area contributed by atoms with Gasteiger partial charge in [-0.05, 0) is 29.3 Å². The maximum Gasteiger partial charge on any atom is 0.258 e. The van der Waals surface area contributed by atoms with Crippen LogP contribution >= 0.6 is 11.3 Å². The van der Waals surface area contributed by atoms with E-state index in [1.165, 1.54) is 17.4 Å². The van der Waals surface area contributed by atoms with Gasteiger partial charge in [-0.25, -0.2) is 0 Å². The summed E-state index contributed by atoms with van der Waals surface area (Å²) in [6.45, 7) is 4.09. The summed E-state index contributed by atoms with van der Waals surface area (Å²) in [5.74, 6) is -0.0466. The molecule has 3 heterocycles. The number of anilines is 1. The highest BCUT2D eigenvalue weighted by molar-refractivity contribution is 7.16. The van der Waals surface area contributed by atoms with Crippen molar-refractivity contribution in [1.82, 2.24) is 9.47 Å². The van der Waals surface area contributed by atoms with Crippen LogP contribution in [0.3, 0.4) is 0 Å². The summed E-state index contributed by atoms with van der Waals surface area (Å²) in [5.41, 5.74) is 4.13. The first kappa shape index (κ1) is 18.7. The van der Waals surface area contributed by atoms with Gasteiger partial charge in [-0.2, -0.15) is 0 Å². The van der Waals surface area contributed by atoms with E-state index < -0.39 is 0 Å². The molecule has 28 heavy (non-hydrogen) atoms. The molecule has 6 heteroatoms.